The Kier molecular flexibility index (Phi) is 4.26. The molecule has 1 saturated heterocycles. The van der Waals surface area contributed by atoms with Gasteiger partial charge in [0.05, 0.1) is 15.7 Å². The Morgan fingerprint density at radius 2 is 1.76 bits per heavy atom. The third-order valence-corrected chi connectivity index (χ3v) is 4.29. The van der Waals surface area contributed by atoms with Crippen LogP contribution in [-0.4, -0.2) is 46.2 Å². The van der Waals surface area contributed by atoms with Gasteiger partial charge in [-0.3, -0.25) is 0 Å². The normalized spacial score (nSPS) is 23.2. The van der Waals surface area contributed by atoms with E-state index >= 15 is 0 Å². The highest BCUT2D eigenvalue weighted by Crippen LogP contribution is 2.31. The second-order valence-electron chi connectivity index (χ2n) is 5.50. The van der Waals surface area contributed by atoms with E-state index in [4.69, 9.17) is 0 Å². The van der Waals surface area contributed by atoms with Gasteiger partial charge in [-0.15, -0.1) is 0 Å². The van der Waals surface area contributed by atoms with E-state index in [1.165, 1.54) is 0 Å². The van der Waals surface area contributed by atoms with Crippen molar-refractivity contribution in [2.24, 2.45) is 5.92 Å². The summed E-state index contributed by atoms with van der Waals surface area (Å²) in [5, 5.41) is 0. The number of rotatable bonds is 3. The first-order chi connectivity index (χ1) is 7.51. The van der Waals surface area contributed by atoms with Gasteiger partial charge >= 0.3 is 6.18 Å². The highest BCUT2D eigenvalue weighted by molar-refractivity contribution is 7.84. The smallest absolute Gasteiger partial charge is 0.306 e. The van der Waals surface area contributed by atoms with Crippen LogP contribution in [0.1, 0.15) is 20.8 Å². The van der Waals surface area contributed by atoms with Crippen molar-refractivity contribution in [1.82, 2.24) is 9.62 Å². The van der Waals surface area contributed by atoms with Crippen LogP contribution in [0.5, 0.6) is 0 Å². The first kappa shape index (κ1) is 14.9. The lowest BCUT2D eigenvalue weighted by Crippen LogP contribution is -2.60. The monoisotopic (exact) mass is 272 g/mol. The van der Waals surface area contributed by atoms with Gasteiger partial charge in [-0.1, -0.05) is 0 Å². The lowest BCUT2D eigenvalue weighted by molar-refractivity contribution is -0.173. The lowest BCUT2D eigenvalue weighted by Gasteiger charge is -2.42. The number of likely N-dealkylation sites (tertiary alicyclic amines) is 1. The van der Waals surface area contributed by atoms with Crippen molar-refractivity contribution in [2.75, 3.05) is 20.1 Å². The summed E-state index contributed by atoms with van der Waals surface area (Å²) in [5.41, 5.74) is 0. The zero-order valence-corrected chi connectivity index (χ0v) is 11.3. The maximum atomic E-state index is 12.9. The molecule has 0 spiro atoms. The van der Waals surface area contributed by atoms with Crippen molar-refractivity contribution in [3.63, 3.8) is 0 Å². The molecule has 102 valence electrons. The van der Waals surface area contributed by atoms with E-state index in [0.29, 0.717) is 13.1 Å². The zero-order valence-electron chi connectivity index (χ0n) is 10.5. The van der Waals surface area contributed by atoms with E-state index in [9.17, 15) is 17.4 Å². The highest BCUT2D eigenvalue weighted by atomic mass is 32.2. The number of hydrogen-bond donors (Lipinski definition) is 1. The summed E-state index contributed by atoms with van der Waals surface area (Å²) in [4.78, 5) is 1.81. The molecule has 1 aliphatic rings. The molecule has 0 radical (unpaired) electrons. The van der Waals surface area contributed by atoms with Crippen molar-refractivity contribution in [3.05, 3.63) is 0 Å². The van der Waals surface area contributed by atoms with Crippen LogP contribution >= 0.6 is 0 Å². The van der Waals surface area contributed by atoms with Gasteiger partial charge in [-0.2, -0.15) is 13.2 Å². The van der Waals surface area contributed by atoms with E-state index in [2.05, 4.69) is 4.72 Å². The van der Waals surface area contributed by atoms with E-state index in [1.807, 2.05) is 4.90 Å². The quantitative estimate of drug-likeness (QED) is 0.845. The number of nitrogens with zero attached hydrogens (tertiary/aromatic N) is 1. The number of alkyl halides is 3. The van der Waals surface area contributed by atoms with E-state index in [-0.39, 0.29) is 0 Å². The van der Waals surface area contributed by atoms with Gasteiger partial charge in [0.15, 0.2) is 0 Å². The molecular formula is C10H19F3N2OS. The second-order valence-corrected chi connectivity index (χ2v) is 7.50. The van der Waals surface area contributed by atoms with Gasteiger partial charge in [0.2, 0.25) is 0 Å². The molecule has 2 atom stereocenters. The van der Waals surface area contributed by atoms with Crippen molar-refractivity contribution in [1.29, 1.82) is 0 Å². The van der Waals surface area contributed by atoms with Gasteiger partial charge in [0.25, 0.3) is 0 Å². The summed E-state index contributed by atoms with van der Waals surface area (Å²) in [5.74, 6) is -0.508. The number of nitrogens with one attached hydrogen (secondary N) is 1. The van der Waals surface area contributed by atoms with Gasteiger partial charge in [0, 0.05) is 19.0 Å². The third-order valence-electron chi connectivity index (χ3n) is 2.71. The van der Waals surface area contributed by atoms with Crippen LogP contribution in [0.15, 0.2) is 0 Å². The molecule has 1 fully saturated rings. The molecule has 7 heteroatoms. The van der Waals surface area contributed by atoms with Crippen LogP contribution in [0.3, 0.4) is 0 Å². The van der Waals surface area contributed by atoms with E-state index in [1.54, 1.807) is 27.8 Å². The Labute approximate surface area is 102 Å². The molecule has 0 aromatic rings. The van der Waals surface area contributed by atoms with Crippen molar-refractivity contribution < 1.29 is 17.4 Å². The fourth-order valence-corrected chi connectivity index (χ4v) is 2.59. The molecule has 0 amide bonds. The van der Waals surface area contributed by atoms with Gasteiger partial charge in [-0.25, -0.2) is 8.93 Å². The average Bonchev–Trinajstić information content (AvgIpc) is 2.05. The molecule has 1 heterocycles. The number of halogens is 3. The molecule has 3 nitrogen and oxygen atoms in total. The Morgan fingerprint density at radius 1 is 1.29 bits per heavy atom. The summed E-state index contributed by atoms with van der Waals surface area (Å²) in [6.07, 6.45) is -4.35. The van der Waals surface area contributed by atoms with E-state index in [0.717, 1.165) is 0 Å². The summed E-state index contributed by atoms with van der Waals surface area (Å²) in [6.45, 7) is 5.72. The average molecular weight is 272 g/mol. The number of hydrogen-bond acceptors (Lipinski definition) is 2. The van der Waals surface area contributed by atoms with Crippen LogP contribution in [0.25, 0.3) is 0 Å². The second kappa shape index (κ2) is 4.85. The van der Waals surface area contributed by atoms with Gasteiger partial charge in [0.1, 0.15) is 6.04 Å². The molecular weight excluding hydrogens is 253 g/mol. The summed E-state index contributed by atoms with van der Waals surface area (Å²) < 4.78 is 51.8. The Balaban J connectivity index is 2.69. The van der Waals surface area contributed by atoms with Gasteiger partial charge < -0.3 is 4.90 Å². The molecule has 0 saturated carbocycles. The minimum absolute atomic E-state index is 0.387. The molecule has 0 aliphatic carbocycles. The van der Waals surface area contributed by atoms with Crippen molar-refractivity contribution >= 4 is 11.0 Å². The van der Waals surface area contributed by atoms with E-state index < -0.39 is 33.9 Å². The molecule has 1 rings (SSSR count). The Bertz CT molecular complexity index is 295. The molecule has 0 bridgehead atoms. The predicted octanol–water partition coefficient (Wildman–Crippen LogP) is 1.53. The molecule has 2 unspecified atom stereocenters. The highest BCUT2D eigenvalue weighted by Gasteiger charge is 2.49. The minimum atomic E-state index is -4.35. The van der Waals surface area contributed by atoms with Crippen molar-refractivity contribution in [2.45, 2.75) is 37.7 Å². The maximum absolute atomic E-state index is 12.9. The molecule has 0 aromatic heterocycles. The summed E-state index contributed by atoms with van der Waals surface area (Å²) in [6, 6.07) is -1.68. The van der Waals surface area contributed by atoms with Crippen LogP contribution in [-0.2, 0) is 11.0 Å². The lowest BCUT2D eigenvalue weighted by atomic mass is 9.92. The largest absolute Gasteiger partial charge is 0.405 e. The standard InChI is InChI=1S/C10H19F3N2OS/c1-9(2,3)17(16)14-8(10(11,12)13)7-5-15(4)6-7/h7-8,14H,5-6H2,1-4H3. The third kappa shape index (κ3) is 3.93. The molecule has 17 heavy (non-hydrogen) atoms. The van der Waals surface area contributed by atoms with Crippen LogP contribution in [0, 0.1) is 5.92 Å². The molecule has 1 aliphatic heterocycles. The topological polar surface area (TPSA) is 32.3 Å². The fourth-order valence-electron chi connectivity index (χ4n) is 1.68. The SMILES string of the molecule is CN1CC(C(NS(=O)C(C)(C)C)C(F)(F)F)C1. The minimum Gasteiger partial charge on any atom is -0.306 e. The summed E-state index contributed by atoms with van der Waals surface area (Å²) >= 11 is 0. The molecule has 1 N–H and O–H groups in total. The maximum Gasteiger partial charge on any atom is 0.405 e. The van der Waals surface area contributed by atoms with Crippen LogP contribution in [0.2, 0.25) is 0 Å². The Morgan fingerprint density at radius 3 is 2.06 bits per heavy atom. The summed E-state index contributed by atoms with van der Waals surface area (Å²) in [7, 11) is 0.0666. The van der Waals surface area contributed by atoms with Crippen LogP contribution in [0.4, 0.5) is 13.2 Å². The first-order valence-electron chi connectivity index (χ1n) is 5.45. The first-order valence-corrected chi connectivity index (χ1v) is 6.60. The predicted molar refractivity (Wildman–Crippen MR) is 61.9 cm³/mol. The molecule has 0 aromatic carbocycles. The Hall–Kier alpha value is -0.140. The van der Waals surface area contributed by atoms with Crippen molar-refractivity contribution in [3.8, 4) is 0 Å². The zero-order chi connectivity index (χ0) is 13.4. The van der Waals surface area contributed by atoms with Crippen LogP contribution < -0.4 is 4.72 Å². The fraction of sp³-hybridized carbons (Fsp3) is 1.00. The van der Waals surface area contributed by atoms with Gasteiger partial charge in [-0.05, 0) is 27.8 Å².